The number of aromatic nitrogens is 3. The van der Waals surface area contributed by atoms with Crippen LogP contribution in [0.25, 0.3) is 11.4 Å². The predicted molar refractivity (Wildman–Crippen MR) is 153 cm³/mol. The molecule has 1 fully saturated rings. The Morgan fingerprint density at radius 1 is 1.21 bits per heavy atom. The lowest BCUT2D eigenvalue weighted by Gasteiger charge is -2.25. The summed E-state index contributed by atoms with van der Waals surface area (Å²) in [6.45, 7) is 0. The van der Waals surface area contributed by atoms with Gasteiger partial charge in [-0.3, -0.25) is 9.36 Å². The molecule has 1 heterocycles. The van der Waals surface area contributed by atoms with E-state index in [4.69, 9.17) is 11.6 Å². The number of phenolic OH excluding ortho intramolecular Hbond substituents is 1. The monoisotopic (exact) mass is 721 g/mol. The SMILES string of the molecule is O=C(CSc1nnc(-c2ccc(Cl)cc2)n1C1CCCCC1)N/N=C/c1cc(I)cc(I)c1O. The number of hydrazone groups is 1. The lowest BCUT2D eigenvalue weighted by Crippen LogP contribution is -2.20. The van der Waals surface area contributed by atoms with E-state index in [2.05, 4.69) is 70.5 Å². The Morgan fingerprint density at radius 3 is 2.68 bits per heavy atom. The van der Waals surface area contributed by atoms with Crippen LogP contribution in [-0.4, -0.2) is 37.7 Å². The number of rotatable bonds is 7. The second-order valence-corrected chi connectivity index (χ2v) is 11.7. The molecule has 1 amide bonds. The minimum atomic E-state index is -0.257. The van der Waals surface area contributed by atoms with Crippen molar-refractivity contribution in [2.75, 3.05) is 5.75 Å². The van der Waals surface area contributed by atoms with Gasteiger partial charge in [-0.25, -0.2) is 5.43 Å². The van der Waals surface area contributed by atoms with Gasteiger partial charge >= 0.3 is 0 Å². The molecule has 2 N–H and O–H groups in total. The van der Waals surface area contributed by atoms with Crippen LogP contribution in [-0.2, 0) is 4.79 Å². The number of carbonyl (C=O) groups excluding carboxylic acids is 1. The first-order valence-electron chi connectivity index (χ1n) is 10.8. The predicted octanol–water partition coefficient (Wildman–Crippen LogP) is 6.26. The summed E-state index contributed by atoms with van der Waals surface area (Å²) in [5.41, 5.74) is 4.04. The first-order chi connectivity index (χ1) is 16.4. The summed E-state index contributed by atoms with van der Waals surface area (Å²) in [4.78, 5) is 12.4. The molecule has 0 bridgehead atoms. The molecule has 1 aliphatic rings. The molecule has 2 aromatic carbocycles. The molecule has 1 aliphatic carbocycles. The fraction of sp³-hybridized carbons (Fsp3) is 0.304. The highest BCUT2D eigenvalue weighted by atomic mass is 127. The quantitative estimate of drug-likeness (QED) is 0.130. The number of hydrogen-bond acceptors (Lipinski definition) is 6. The van der Waals surface area contributed by atoms with Crippen LogP contribution < -0.4 is 5.43 Å². The van der Waals surface area contributed by atoms with Gasteiger partial charge < -0.3 is 5.11 Å². The standard InChI is InChI=1S/C23H22ClI2N5O2S/c24-16-8-6-14(7-9-16)22-29-30-23(31(22)18-4-2-1-3-5-18)34-13-20(32)28-27-12-15-10-17(25)11-19(26)21(15)33/h6-12,18,33H,1-5,13H2,(H,28,32)/b27-12+. The number of nitrogens with one attached hydrogen (secondary N) is 1. The second-order valence-electron chi connectivity index (χ2n) is 7.88. The number of nitrogens with zero attached hydrogens (tertiary/aromatic N) is 4. The van der Waals surface area contributed by atoms with E-state index < -0.39 is 0 Å². The minimum Gasteiger partial charge on any atom is -0.506 e. The Hall–Kier alpha value is -1.38. The molecule has 0 radical (unpaired) electrons. The zero-order chi connectivity index (χ0) is 24.1. The summed E-state index contributed by atoms with van der Waals surface area (Å²) < 4.78 is 3.88. The van der Waals surface area contributed by atoms with Crippen LogP contribution in [0.4, 0.5) is 0 Å². The third kappa shape index (κ3) is 6.43. The maximum absolute atomic E-state index is 12.4. The van der Waals surface area contributed by atoms with Gasteiger partial charge in [0.25, 0.3) is 5.91 Å². The van der Waals surface area contributed by atoms with Crippen molar-refractivity contribution < 1.29 is 9.90 Å². The van der Waals surface area contributed by atoms with Crippen LogP contribution >= 0.6 is 68.5 Å². The van der Waals surface area contributed by atoms with Crippen molar-refractivity contribution in [3.63, 3.8) is 0 Å². The molecule has 4 rings (SSSR count). The highest BCUT2D eigenvalue weighted by molar-refractivity contribution is 14.1. The Bertz CT molecular complexity index is 1200. The van der Waals surface area contributed by atoms with Crippen molar-refractivity contribution >= 4 is 80.7 Å². The molecule has 11 heteroatoms. The van der Waals surface area contributed by atoms with E-state index in [9.17, 15) is 9.90 Å². The van der Waals surface area contributed by atoms with Crippen LogP contribution in [0.15, 0.2) is 46.7 Å². The molecule has 0 aliphatic heterocycles. The molecule has 1 saturated carbocycles. The lowest BCUT2D eigenvalue weighted by atomic mass is 9.95. The maximum atomic E-state index is 12.4. The third-order valence-corrected chi connectivity index (χ3v) is 8.13. The van der Waals surface area contributed by atoms with Crippen LogP contribution in [0.3, 0.4) is 0 Å². The Balaban J connectivity index is 1.46. The normalized spacial score (nSPS) is 14.6. The first kappa shape index (κ1) is 25.7. The van der Waals surface area contributed by atoms with Crippen LogP contribution in [0, 0.1) is 7.14 Å². The zero-order valence-electron chi connectivity index (χ0n) is 18.0. The summed E-state index contributed by atoms with van der Waals surface area (Å²) in [6.07, 6.45) is 7.18. The maximum Gasteiger partial charge on any atom is 0.250 e. The highest BCUT2D eigenvalue weighted by Crippen LogP contribution is 2.35. The summed E-state index contributed by atoms with van der Waals surface area (Å²) in [6, 6.07) is 11.6. The first-order valence-corrected chi connectivity index (χ1v) is 14.3. The van der Waals surface area contributed by atoms with Crippen molar-refractivity contribution in [2.45, 2.75) is 43.3 Å². The second kappa shape index (κ2) is 12.0. The smallest absolute Gasteiger partial charge is 0.250 e. The van der Waals surface area contributed by atoms with E-state index >= 15 is 0 Å². The van der Waals surface area contributed by atoms with Gasteiger partial charge in [0.2, 0.25) is 0 Å². The summed E-state index contributed by atoms with van der Waals surface area (Å²) in [7, 11) is 0. The molecular weight excluding hydrogens is 700 g/mol. The average Bonchev–Trinajstić information content (AvgIpc) is 3.25. The molecule has 34 heavy (non-hydrogen) atoms. The van der Waals surface area contributed by atoms with Crippen molar-refractivity contribution in [3.8, 4) is 17.1 Å². The number of phenols is 1. The van der Waals surface area contributed by atoms with Gasteiger partial charge in [-0.1, -0.05) is 42.6 Å². The molecule has 1 aromatic heterocycles. The fourth-order valence-electron chi connectivity index (χ4n) is 3.86. The summed E-state index contributed by atoms with van der Waals surface area (Å²) in [5, 5.41) is 24.4. The number of amides is 1. The van der Waals surface area contributed by atoms with Gasteiger partial charge in [-0.2, -0.15) is 5.10 Å². The zero-order valence-corrected chi connectivity index (χ0v) is 23.9. The average molecular weight is 722 g/mol. The molecule has 0 unspecified atom stereocenters. The molecule has 0 spiro atoms. The van der Waals surface area contributed by atoms with Gasteiger partial charge in [-0.15, -0.1) is 10.2 Å². The van der Waals surface area contributed by atoms with E-state index in [0.717, 1.165) is 36.5 Å². The lowest BCUT2D eigenvalue weighted by molar-refractivity contribution is -0.118. The van der Waals surface area contributed by atoms with E-state index in [-0.39, 0.29) is 17.4 Å². The minimum absolute atomic E-state index is 0.142. The van der Waals surface area contributed by atoms with Crippen molar-refractivity contribution in [3.05, 3.63) is 54.1 Å². The Labute approximate surface area is 234 Å². The number of benzene rings is 2. The number of thioether (sulfide) groups is 1. The van der Waals surface area contributed by atoms with Crippen molar-refractivity contribution in [1.29, 1.82) is 0 Å². The number of hydrogen-bond donors (Lipinski definition) is 2. The number of halogens is 3. The van der Waals surface area contributed by atoms with Gasteiger partial charge in [0.1, 0.15) is 5.75 Å². The van der Waals surface area contributed by atoms with Gasteiger partial charge in [0.05, 0.1) is 15.5 Å². The number of aromatic hydroxyl groups is 1. The molecular formula is C23H22ClI2N5O2S. The molecule has 178 valence electrons. The van der Waals surface area contributed by atoms with Crippen LogP contribution in [0.1, 0.15) is 43.7 Å². The van der Waals surface area contributed by atoms with Crippen molar-refractivity contribution in [1.82, 2.24) is 20.2 Å². The van der Waals surface area contributed by atoms with Gasteiger partial charge in [0, 0.05) is 25.8 Å². The highest BCUT2D eigenvalue weighted by Gasteiger charge is 2.24. The largest absolute Gasteiger partial charge is 0.506 e. The Morgan fingerprint density at radius 2 is 1.94 bits per heavy atom. The molecule has 0 saturated heterocycles. The van der Waals surface area contributed by atoms with Crippen molar-refractivity contribution in [2.24, 2.45) is 5.10 Å². The van der Waals surface area contributed by atoms with Crippen LogP contribution in [0.2, 0.25) is 5.02 Å². The Kier molecular flexibility index (Phi) is 9.10. The number of carbonyl (C=O) groups is 1. The third-order valence-electron chi connectivity index (χ3n) is 5.49. The van der Waals surface area contributed by atoms with Gasteiger partial charge in [-0.05, 0) is 94.4 Å². The van der Waals surface area contributed by atoms with Crippen LogP contribution in [0.5, 0.6) is 5.75 Å². The van der Waals surface area contributed by atoms with E-state index in [1.165, 1.54) is 37.2 Å². The van der Waals surface area contributed by atoms with E-state index in [0.29, 0.717) is 16.6 Å². The van der Waals surface area contributed by atoms with Gasteiger partial charge in [0.15, 0.2) is 11.0 Å². The molecule has 0 atom stereocenters. The molecule has 7 nitrogen and oxygen atoms in total. The van der Waals surface area contributed by atoms with E-state index in [1.54, 1.807) is 6.07 Å². The summed E-state index contributed by atoms with van der Waals surface area (Å²) in [5.74, 6) is 0.836. The topological polar surface area (TPSA) is 92.4 Å². The molecule has 3 aromatic rings. The van der Waals surface area contributed by atoms with E-state index in [1.807, 2.05) is 30.3 Å². The summed E-state index contributed by atoms with van der Waals surface area (Å²) >= 11 is 11.6. The fourth-order valence-corrected chi connectivity index (χ4v) is 6.67.